The summed E-state index contributed by atoms with van der Waals surface area (Å²) in [6.45, 7) is 6.39. The van der Waals surface area contributed by atoms with E-state index in [1.807, 2.05) is 0 Å². The third kappa shape index (κ3) is 2.23. The number of carbonyl (C=O) groups is 3. The summed E-state index contributed by atoms with van der Waals surface area (Å²) in [4.78, 5) is 38.2. The van der Waals surface area contributed by atoms with E-state index in [-0.39, 0.29) is 53.2 Å². The van der Waals surface area contributed by atoms with Crippen molar-refractivity contribution in [1.82, 2.24) is 0 Å². The van der Waals surface area contributed by atoms with Crippen LogP contribution in [0, 0.1) is 0 Å². The summed E-state index contributed by atoms with van der Waals surface area (Å²) in [6.07, 6.45) is 0.490. The first kappa shape index (κ1) is 17.2. The Bertz CT molecular complexity index is 1030. The number of phenolic OH excluding ortho intramolecular Hbond substituents is 2. The first-order valence-electron chi connectivity index (χ1n) is 8.46. The molecule has 1 aromatic carbocycles. The van der Waals surface area contributed by atoms with E-state index in [4.69, 9.17) is 0 Å². The van der Waals surface area contributed by atoms with Gasteiger partial charge in [-0.25, -0.2) is 0 Å². The van der Waals surface area contributed by atoms with Crippen LogP contribution in [-0.4, -0.2) is 35.6 Å². The Hall–Kier alpha value is -2.25. The summed E-state index contributed by atoms with van der Waals surface area (Å²) >= 11 is 1.30. The van der Waals surface area contributed by atoms with Gasteiger partial charge in [-0.15, -0.1) is 11.3 Å². The highest BCUT2D eigenvalue weighted by molar-refractivity contribution is 7.28. The van der Waals surface area contributed by atoms with Crippen LogP contribution in [0.15, 0.2) is 6.07 Å². The highest BCUT2D eigenvalue weighted by Gasteiger charge is 2.40. The molecule has 4 rings (SSSR count). The lowest BCUT2D eigenvalue weighted by atomic mass is 9.80. The smallest absolute Gasteiger partial charge is 0.208 e. The van der Waals surface area contributed by atoms with Crippen molar-refractivity contribution in [3.05, 3.63) is 38.8 Å². The van der Waals surface area contributed by atoms with Crippen molar-refractivity contribution < 1.29 is 24.6 Å². The Morgan fingerprint density at radius 2 is 1.54 bits per heavy atom. The van der Waals surface area contributed by atoms with E-state index in [1.54, 1.807) is 6.07 Å². The van der Waals surface area contributed by atoms with Crippen LogP contribution in [0.4, 0.5) is 0 Å². The number of phenols is 2. The fourth-order valence-electron chi connectivity index (χ4n) is 3.62. The van der Waals surface area contributed by atoms with Gasteiger partial charge in [-0.3, -0.25) is 14.4 Å². The van der Waals surface area contributed by atoms with Crippen molar-refractivity contribution in [2.45, 2.75) is 38.9 Å². The van der Waals surface area contributed by atoms with Crippen LogP contribution in [-0.2, 0) is 17.6 Å². The lowest BCUT2D eigenvalue weighted by Gasteiger charge is -2.24. The molecule has 2 aromatic rings. The van der Waals surface area contributed by atoms with Crippen molar-refractivity contribution >= 4 is 41.3 Å². The summed E-state index contributed by atoms with van der Waals surface area (Å²) < 4.78 is 1.02. The van der Waals surface area contributed by atoms with Crippen molar-refractivity contribution in [3.8, 4) is 11.5 Å². The zero-order valence-corrected chi connectivity index (χ0v) is 16.5. The highest BCUT2D eigenvalue weighted by Crippen LogP contribution is 2.45. The molecule has 0 unspecified atom stereocenters. The van der Waals surface area contributed by atoms with Gasteiger partial charge in [0.15, 0.2) is 5.78 Å². The van der Waals surface area contributed by atoms with Crippen molar-refractivity contribution in [2.24, 2.45) is 0 Å². The molecule has 2 N–H and O–H groups in total. The minimum Gasteiger partial charge on any atom is -0.507 e. The molecule has 0 radical (unpaired) electrons. The second kappa shape index (κ2) is 5.37. The van der Waals surface area contributed by atoms with E-state index < -0.39 is 19.6 Å². The largest absolute Gasteiger partial charge is 0.507 e. The number of rotatable bonds is 1. The number of thiophene rings is 1. The molecule has 0 fully saturated rings. The Morgan fingerprint density at radius 1 is 0.923 bits per heavy atom. The van der Waals surface area contributed by atoms with Crippen LogP contribution in [0.3, 0.4) is 0 Å². The first-order valence-corrected chi connectivity index (χ1v) is 12.8. The monoisotopic (exact) mass is 386 g/mol. The first-order chi connectivity index (χ1) is 12.1. The molecule has 0 spiro atoms. The van der Waals surface area contributed by atoms with Gasteiger partial charge < -0.3 is 10.2 Å². The maximum atomic E-state index is 13.1. The van der Waals surface area contributed by atoms with Crippen LogP contribution in [0.25, 0.3) is 0 Å². The van der Waals surface area contributed by atoms with Gasteiger partial charge in [-0.1, -0.05) is 19.6 Å². The molecule has 5 nitrogen and oxygen atoms in total. The molecule has 26 heavy (non-hydrogen) atoms. The molecule has 1 aromatic heterocycles. The molecule has 1 heterocycles. The van der Waals surface area contributed by atoms with Gasteiger partial charge in [-0.05, 0) is 17.0 Å². The quantitative estimate of drug-likeness (QED) is 0.495. The fourth-order valence-corrected chi connectivity index (χ4v) is 6.58. The van der Waals surface area contributed by atoms with Crippen LogP contribution < -0.4 is 4.50 Å². The number of carbonyl (C=O) groups excluding carboxylic acids is 3. The van der Waals surface area contributed by atoms with Gasteiger partial charge in [-0.2, -0.15) is 0 Å². The third-order valence-corrected chi connectivity index (χ3v) is 9.78. The molecule has 7 heteroatoms. The average molecular weight is 387 g/mol. The second-order valence-corrected chi connectivity index (χ2v) is 14.3. The Morgan fingerprint density at radius 3 is 2.19 bits per heavy atom. The molecule has 0 bridgehead atoms. The van der Waals surface area contributed by atoms with Crippen LogP contribution >= 0.6 is 11.3 Å². The zero-order chi connectivity index (χ0) is 19.0. The third-order valence-electron chi connectivity index (χ3n) is 5.06. The molecule has 134 valence electrons. The Kier molecular flexibility index (Phi) is 3.55. The number of hydrogen-bond acceptors (Lipinski definition) is 6. The summed E-state index contributed by atoms with van der Waals surface area (Å²) in [7, 11) is -1.73. The van der Waals surface area contributed by atoms with E-state index in [0.717, 1.165) is 4.50 Å². The molecule has 0 saturated carbocycles. The lowest BCUT2D eigenvalue weighted by molar-refractivity contribution is -0.118. The predicted octanol–water partition coefficient (Wildman–Crippen LogP) is 2.54. The predicted molar refractivity (Wildman–Crippen MR) is 101 cm³/mol. The van der Waals surface area contributed by atoms with Gasteiger partial charge >= 0.3 is 0 Å². The molecule has 0 atom stereocenters. The van der Waals surface area contributed by atoms with Crippen LogP contribution in [0.2, 0.25) is 19.6 Å². The topological polar surface area (TPSA) is 91.7 Å². The molecule has 2 aliphatic rings. The van der Waals surface area contributed by atoms with E-state index in [0.29, 0.717) is 16.0 Å². The van der Waals surface area contributed by atoms with E-state index in [9.17, 15) is 24.6 Å². The average Bonchev–Trinajstić information content (AvgIpc) is 3.02. The number of aromatic hydroxyl groups is 2. The Balaban J connectivity index is 2.00. The second-order valence-electron chi connectivity index (χ2n) is 7.88. The van der Waals surface area contributed by atoms with Crippen LogP contribution in [0.5, 0.6) is 11.5 Å². The highest BCUT2D eigenvalue weighted by atomic mass is 32.1. The van der Waals surface area contributed by atoms with Crippen molar-refractivity contribution in [2.75, 3.05) is 0 Å². The van der Waals surface area contributed by atoms with E-state index in [2.05, 4.69) is 19.6 Å². The molecular weight excluding hydrogens is 368 g/mol. The number of fused-ring (bicyclic) bond motifs is 3. The normalized spacial score (nSPS) is 16.3. The minimum atomic E-state index is -1.73. The zero-order valence-electron chi connectivity index (χ0n) is 14.7. The van der Waals surface area contributed by atoms with Crippen molar-refractivity contribution in [1.29, 1.82) is 0 Å². The lowest BCUT2D eigenvalue weighted by Crippen LogP contribution is -2.35. The van der Waals surface area contributed by atoms with Gasteiger partial charge in [0, 0.05) is 29.5 Å². The molecule has 2 aliphatic carbocycles. The maximum Gasteiger partial charge on any atom is 0.208 e. The summed E-state index contributed by atoms with van der Waals surface area (Å²) in [6, 6.07) is 1.77. The van der Waals surface area contributed by atoms with Gasteiger partial charge in [0.05, 0.1) is 24.1 Å². The standard InChI is InChI=1S/C19H18O5SSi/c1-26(2,3)12-7-11-17(23)13-14(18(24)19(11)25-12)16(22)10-6-8(20)4-5-9(10)15(13)21/h7,21-22H,4-6H2,1-3H3. The Labute approximate surface area is 155 Å². The van der Waals surface area contributed by atoms with Crippen LogP contribution in [0.1, 0.15) is 48.7 Å². The van der Waals surface area contributed by atoms with Gasteiger partial charge in [0.1, 0.15) is 17.3 Å². The summed E-state index contributed by atoms with van der Waals surface area (Å²) in [5.74, 6) is -1.52. The SMILES string of the molecule is C[Si](C)(C)c1cc2c(s1)C(=O)c1c(O)c3c(c(O)c1C2=O)CCC(=O)C3. The van der Waals surface area contributed by atoms with Crippen molar-refractivity contribution in [3.63, 3.8) is 0 Å². The van der Waals surface area contributed by atoms with E-state index in [1.165, 1.54) is 11.3 Å². The number of ketones is 3. The number of hydrogen-bond donors (Lipinski definition) is 2. The fraction of sp³-hybridized carbons (Fsp3) is 0.316. The number of Topliss-reactive ketones (excluding diaryl/α,β-unsaturated/α-hetero) is 1. The molecule has 0 amide bonds. The van der Waals surface area contributed by atoms with Gasteiger partial charge in [0.25, 0.3) is 0 Å². The maximum absolute atomic E-state index is 13.1. The van der Waals surface area contributed by atoms with Gasteiger partial charge in [0.2, 0.25) is 5.78 Å². The number of benzene rings is 1. The minimum absolute atomic E-state index is 0.0269. The molecular formula is C19H18O5SSi. The summed E-state index contributed by atoms with van der Waals surface area (Å²) in [5, 5.41) is 21.4. The molecule has 0 saturated heterocycles. The summed E-state index contributed by atoms with van der Waals surface area (Å²) in [5.41, 5.74) is 0.729. The van der Waals surface area contributed by atoms with E-state index >= 15 is 0 Å². The molecule has 0 aliphatic heterocycles.